The van der Waals surface area contributed by atoms with E-state index in [1.807, 2.05) is 72.8 Å². The van der Waals surface area contributed by atoms with E-state index in [0.29, 0.717) is 0 Å². The number of rotatable bonds is 8. The van der Waals surface area contributed by atoms with Gasteiger partial charge in [0.1, 0.15) is 0 Å². The average molecular weight is 352 g/mol. The zero-order valence-corrected chi connectivity index (χ0v) is 15.1. The summed E-state index contributed by atoms with van der Waals surface area (Å²) in [5, 5.41) is 0. The zero-order chi connectivity index (χ0) is 18.8. The quantitative estimate of drug-likeness (QED) is 0.527. The lowest BCUT2D eigenvalue weighted by Gasteiger charge is -2.22. The van der Waals surface area contributed by atoms with Crippen molar-refractivity contribution in [3.8, 4) is 0 Å². The van der Waals surface area contributed by atoms with Crippen LogP contribution in [0.15, 0.2) is 66.7 Å². The van der Waals surface area contributed by atoms with Crippen molar-refractivity contribution >= 4 is 18.0 Å². The molecule has 0 aliphatic rings. The van der Waals surface area contributed by atoms with Gasteiger partial charge in [-0.15, -0.1) is 0 Å². The molecule has 0 aromatic heterocycles. The number of esters is 2. The Kier molecular flexibility index (Phi) is 7.62. The van der Waals surface area contributed by atoms with Crippen molar-refractivity contribution in [2.75, 3.05) is 13.2 Å². The molecule has 26 heavy (non-hydrogen) atoms. The Labute approximate surface area is 154 Å². The van der Waals surface area contributed by atoms with Crippen LogP contribution in [0.4, 0.5) is 0 Å². The molecule has 0 spiro atoms. The molecule has 0 aliphatic heterocycles. The van der Waals surface area contributed by atoms with Crippen molar-refractivity contribution in [2.45, 2.75) is 19.8 Å². The predicted octanol–water partition coefficient (Wildman–Crippen LogP) is 4.23. The van der Waals surface area contributed by atoms with Gasteiger partial charge in [0.15, 0.2) is 5.92 Å². The number of allylic oxidation sites excluding steroid dienone is 1. The van der Waals surface area contributed by atoms with Crippen molar-refractivity contribution in [1.82, 2.24) is 0 Å². The highest BCUT2D eigenvalue weighted by molar-refractivity contribution is 5.96. The number of carbonyl (C=O) groups excluding carboxylic acids is 2. The summed E-state index contributed by atoms with van der Waals surface area (Å²) in [6, 6.07) is 19.2. The lowest BCUT2D eigenvalue weighted by molar-refractivity contribution is -0.162. The molecule has 4 nitrogen and oxygen atoms in total. The van der Waals surface area contributed by atoms with Crippen LogP contribution in [0.2, 0.25) is 0 Å². The lowest BCUT2D eigenvalue weighted by atomic mass is 9.85. The summed E-state index contributed by atoms with van der Waals surface area (Å²) in [5.74, 6) is -2.67. The predicted molar refractivity (Wildman–Crippen MR) is 101 cm³/mol. The van der Waals surface area contributed by atoms with Crippen molar-refractivity contribution in [3.05, 3.63) is 77.9 Å². The van der Waals surface area contributed by atoms with Crippen LogP contribution in [0, 0.1) is 5.92 Å². The van der Waals surface area contributed by atoms with Crippen molar-refractivity contribution < 1.29 is 19.1 Å². The Morgan fingerprint density at radius 2 is 1.35 bits per heavy atom. The summed E-state index contributed by atoms with van der Waals surface area (Å²) in [6.45, 7) is 3.85. The summed E-state index contributed by atoms with van der Waals surface area (Å²) < 4.78 is 10.3. The topological polar surface area (TPSA) is 52.6 Å². The second-order valence-corrected chi connectivity index (χ2v) is 5.69. The number of benzene rings is 2. The molecule has 136 valence electrons. The third kappa shape index (κ3) is 5.31. The maximum absolute atomic E-state index is 12.5. The number of hydrogen-bond acceptors (Lipinski definition) is 4. The molecular weight excluding hydrogens is 328 g/mol. The van der Waals surface area contributed by atoms with Gasteiger partial charge < -0.3 is 9.47 Å². The third-order valence-electron chi connectivity index (χ3n) is 3.92. The fourth-order valence-electron chi connectivity index (χ4n) is 2.72. The molecule has 0 fully saturated rings. The average Bonchev–Trinajstić information content (AvgIpc) is 2.67. The van der Waals surface area contributed by atoms with E-state index in [-0.39, 0.29) is 13.2 Å². The Balaban J connectivity index is 2.43. The summed E-state index contributed by atoms with van der Waals surface area (Å²) in [6.07, 6.45) is 3.77. The van der Waals surface area contributed by atoms with Gasteiger partial charge in [-0.05, 0) is 25.0 Å². The minimum atomic E-state index is -1.04. The number of ether oxygens (including phenoxy) is 2. The normalized spacial score (nSPS) is 12.1. The largest absolute Gasteiger partial charge is 0.465 e. The third-order valence-corrected chi connectivity index (χ3v) is 3.92. The van der Waals surface area contributed by atoms with Crippen LogP contribution in [0.1, 0.15) is 30.9 Å². The first-order valence-corrected chi connectivity index (χ1v) is 8.78. The maximum atomic E-state index is 12.5. The first kappa shape index (κ1) is 19.4. The molecule has 2 aromatic rings. The number of hydrogen-bond donors (Lipinski definition) is 0. The SMILES string of the molecule is CCOC(=O)C(C(=O)OCC)[C@@H](/C=C/c1ccccc1)c1ccccc1. The van der Waals surface area contributed by atoms with Crippen LogP contribution >= 0.6 is 0 Å². The zero-order valence-electron chi connectivity index (χ0n) is 15.1. The fourth-order valence-corrected chi connectivity index (χ4v) is 2.72. The van der Waals surface area contributed by atoms with Gasteiger partial charge in [-0.25, -0.2) is 0 Å². The van der Waals surface area contributed by atoms with Gasteiger partial charge in [0.05, 0.1) is 13.2 Å². The van der Waals surface area contributed by atoms with Gasteiger partial charge in [0.25, 0.3) is 0 Å². The van der Waals surface area contributed by atoms with Gasteiger partial charge in [0, 0.05) is 5.92 Å². The smallest absolute Gasteiger partial charge is 0.321 e. The first-order chi connectivity index (χ1) is 12.7. The molecule has 0 radical (unpaired) electrons. The van der Waals surface area contributed by atoms with Crippen LogP contribution in [0.25, 0.3) is 6.08 Å². The molecule has 2 rings (SSSR count). The summed E-state index contributed by atoms with van der Waals surface area (Å²) in [5.41, 5.74) is 1.84. The van der Waals surface area contributed by atoms with Crippen molar-refractivity contribution in [3.63, 3.8) is 0 Å². The molecule has 0 N–H and O–H groups in total. The standard InChI is InChI=1S/C22H24O4/c1-3-25-21(23)20(22(24)26-4-2)19(18-13-9-6-10-14-18)16-15-17-11-7-5-8-12-17/h5-16,19-20H,3-4H2,1-2H3/b16-15+/t19-/m0/s1. The maximum Gasteiger partial charge on any atom is 0.321 e. The van der Waals surface area contributed by atoms with E-state index in [9.17, 15) is 9.59 Å². The summed E-state index contributed by atoms with van der Waals surface area (Å²) in [4.78, 5) is 25.1. The monoisotopic (exact) mass is 352 g/mol. The van der Waals surface area contributed by atoms with Crippen molar-refractivity contribution in [1.29, 1.82) is 0 Å². The molecule has 0 bridgehead atoms. The fraction of sp³-hybridized carbons (Fsp3) is 0.273. The van der Waals surface area contributed by atoms with Crippen LogP contribution in [-0.4, -0.2) is 25.2 Å². The van der Waals surface area contributed by atoms with Crippen LogP contribution in [0.5, 0.6) is 0 Å². The van der Waals surface area contributed by atoms with E-state index in [0.717, 1.165) is 11.1 Å². The highest BCUT2D eigenvalue weighted by Gasteiger charge is 2.37. The Morgan fingerprint density at radius 1 is 0.846 bits per heavy atom. The molecule has 4 heteroatoms. The molecule has 1 atom stereocenters. The van der Waals surface area contributed by atoms with E-state index in [2.05, 4.69) is 0 Å². The molecule has 0 aliphatic carbocycles. The highest BCUT2D eigenvalue weighted by Crippen LogP contribution is 2.29. The van der Waals surface area contributed by atoms with E-state index >= 15 is 0 Å². The molecule has 0 saturated carbocycles. The van der Waals surface area contributed by atoms with E-state index in [4.69, 9.17) is 9.47 Å². The molecule has 0 heterocycles. The van der Waals surface area contributed by atoms with Crippen LogP contribution < -0.4 is 0 Å². The van der Waals surface area contributed by atoms with Gasteiger partial charge in [0.2, 0.25) is 0 Å². The Morgan fingerprint density at radius 3 is 1.85 bits per heavy atom. The van der Waals surface area contributed by atoms with Gasteiger partial charge in [-0.3, -0.25) is 9.59 Å². The highest BCUT2D eigenvalue weighted by atomic mass is 16.6. The minimum absolute atomic E-state index is 0.207. The van der Waals surface area contributed by atoms with Crippen LogP contribution in [-0.2, 0) is 19.1 Å². The van der Waals surface area contributed by atoms with Gasteiger partial charge >= 0.3 is 11.9 Å². The summed E-state index contributed by atoms with van der Waals surface area (Å²) in [7, 11) is 0. The molecular formula is C22H24O4. The first-order valence-electron chi connectivity index (χ1n) is 8.78. The van der Waals surface area contributed by atoms with Gasteiger partial charge in [-0.2, -0.15) is 0 Å². The second-order valence-electron chi connectivity index (χ2n) is 5.69. The molecule has 2 aromatic carbocycles. The molecule has 0 amide bonds. The lowest BCUT2D eigenvalue weighted by Crippen LogP contribution is -2.32. The van der Waals surface area contributed by atoms with E-state index in [1.54, 1.807) is 13.8 Å². The minimum Gasteiger partial charge on any atom is -0.465 e. The van der Waals surface area contributed by atoms with Crippen molar-refractivity contribution in [2.24, 2.45) is 5.92 Å². The van der Waals surface area contributed by atoms with E-state index < -0.39 is 23.8 Å². The number of carbonyl (C=O) groups is 2. The Bertz CT molecular complexity index is 704. The summed E-state index contributed by atoms with van der Waals surface area (Å²) >= 11 is 0. The van der Waals surface area contributed by atoms with Gasteiger partial charge in [-0.1, -0.05) is 72.8 Å². The Hall–Kier alpha value is -2.88. The van der Waals surface area contributed by atoms with E-state index in [1.165, 1.54) is 0 Å². The second kappa shape index (κ2) is 10.2. The van der Waals surface area contributed by atoms with Crippen LogP contribution in [0.3, 0.4) is 0 Å². The molecule has 0 unspecified atom stereocenters. The molecule has 0 saturated heterocycles.